The molecule has 0 bridgehead atoms. The van der Waals surface area contributed by atoms with Crippen LogP contribution in [0.1, 0.15) is 6.92 Å². The highest BCUT2D eigenvalue weighted by atomic mass is 16.5. The Bertz CT molecular complexity index is 437. The number of anilines is 1. The number of rotatable bonds is 4. The van der Waals surface area contributed by atoms with Gasteiger partial charge in [-0.25, -0.2) is 0 Å². The van der Waals surface area contributed by atoms with Gasteiger partial charge in [0.05, 0.1) is 27.0 Å². The van der Waals surface area contributed by atoms with Gasteiger partial charge < -0.3 is 24.4 Å². The lowest BCUT2D eigenvalue weighted by molar-refractivity contribution is 0.324. The molecule has 1 aromatic carbocycles. The molecule has 1 heterocycles. The van der Waals surface area contributed by atoms with E-state index in [1.807, 2.05) is 12.1 Å². The lowest BCUT2D eigenvalue weighted by Crippen LogP contribution is -2.49. The molecule has 1 N–H and O–H groups in total. The molecule has 0 radical (unpaired) electrons. The highest BCUT2D eigenvalue weighted by molar-refractivity contribution is 5.69. The highest BCUT2D eigenvalue weighted by Crippen LogP contribution is 2.44. The first-order valence-electron chi connectivity index (χ1n) is 6.48. The summed E-state index contributed by atoms with van der Waals surface area (Å²) in [6, 6.07) is 4.41. The number of hydrogen-bond acceptors (Lipinski definition) is 5. The summed E-state index contributed by atoms with van der Waals surface area (Å²) in [6.07, 6.45) is 0. The molecular formula is C14H22N2O3. The number of ether oxygens (including phenoxy) is 3. The quantitative estimate of drug-likeness (QED) is 0.895. The summed E-state index contributed by atoms with van der Waals surface area (Å²) in [5, 5.41) is 3.43. The van der Waals surface area contributed by atoms with E-state index in [1.165, 1.54) is 0 Å². The van der Waals surface area contributed by atoms with E-state index in [4.69, 9.17) is 14.2 Å². The summed E-state index contributed by atoms with van der Waals surface area (Å²) < 4.78 is 16.3. The molecule has 1 aromatic rings. The molecule has 19 heavy (non-hydrogen) atoms. The Kier molecular flexibility index (Phi) is 4.37. The van der Waals surface area contributed by atoms with E-state index in [9.17, 15) is 0 Å². The molecule has 1 saturated heterocycles. The maximum Gasteiger partial charge on any atom is 0.205 e. The smallest absolute Gasteiger partial charge is 0.205 e. The lowest BCUT2D eigenvalue weighted by atomic mass is 10.1. The Balaban J connectivity index is 2.39. The Labute approximate surface area is 114 Å². The summed E-state index contributed by atoms with van der Waals surface area (Å²) in [5.41, 5.74) is 1.05. The molecule has 5 nitrogen and oxygen atoms in total. The van der Waals surface area contributed by atoms with Crippen LogP contribution in [0.25, 0.3) is 0 Å². The monoisotopic (exact) mass is 266 g/mol. The normalized spacial score (nSPS) is 19.2. The van der Waals surface area contributed by atoms with Crippen molar-refractivity contribution in [3.05, 3.63) is 12.1 Å². The number of piperazine rings is 1. The Morgan fingerprint density at radius 3 is 2.42 bits per heavy atom. The van der Waals surface area contributed by atoms with Crippen LogP contribution in [-0.2, 0) is 0 Å². The zero-order chi connectivity index (χ0) is 13.8. The number of benzene rings is 1. The lowest BCUT2D eigenvalue weighted by Gasteiger charge is -2.34. The first-order chi connectivity index (χ1) is 9.21. The highest BCUT2D eigenvalue weighted by Gasteiger charge is 2.23. The van der Waals surface area contributed by atoms with E-state index in [2.05, 4.69) is 17.1 Å². The second-order valence-electron chi connectivity index (χ2n) is 4.65. The van der Waals surface area contributed by atoms with Crippen molar-refractivity contribution in [3.8, 4) is 17.2 Å². The first-order valence-corrected chi connectivity index (χ1v) is 6.48. The van der Waals surface area contributed by atoms with Crippen LogP contribution in [0.5, 0.6) is 17.2 Å². The van der Waals surface area contributed by atoms with E-state index in [1.54, 1.807) is 21.3 Å². The zero-order valence-electron chi connectivity index (χ0n) is 12.0. The summed E-state index contributed by atoms with van der Waals surface area (Å²) >= 11 is 0. The number of nitrogens with zero attached hydrogens (tertiary/aromatic N) is 1. The third kappa shape index (κ3) is 2.71. The van der Waals surface area contributed by atoms with Gasteiger partial charge in [-0.2, -0.15) is 0 Å². The van der Waals surface area contributed by atoms with Crippen LogP contribution in [-0.4, -0.2) is 47.0 Å². The van der Waals surface area contributed by atoms with Crippen molar-refractivity contribution in [1.82, 2.24) is 5.32 Å². The van der Waals surface area contributed by atoms with Gasteiger partial charge in [0.25, 0.3) is 0 Å². The molecule has 0 unspecified atom stereocenters. The second kappa shape index (κ2) is 6.02. The topological polar surface area (TPSA) is 43.0 Å². The third-order valence-corrected chi connectivity index (χ3v) is 3.39. The predicted molar refractivity (Wildman–Crippen MR) is 75.8 cm³/mol. The van der Waals surface area contributed by atoms with Crippen molar-refractivity contribution in [2.24, 2.45) is 0 Å². The molecule has 1 aliphatic rings. The van der Waals surface area contributed by atoms with E-state index >= 15 is 0 Å². The molecule has 0 aliphatic carbocycles. The van der Waals surface area contributed by atoms with Gasteiger partial charge >= 0.3 is 0 Å². The van der Waals surface area contributed by atoms with Gasteiger partial charge in [-0.3, -0.25) is 0 Å². The predicted octanol–water partition coefficient (Wildman–Crippen LogP) is 1.51. The maximum atomic E-state index is 5.53. The summed E-state index contributed by atoms with van der Waals surface area (Å²) in [4.78, 5) is 2.31. The van der Waals surface area contributed by atoms with Crippen molar-refractivity contribution in [1.29, 1.82) is 0 Å². The minimum Gasteiger partial charge on any atom is -0.493 e. The fourth-order valence-electron chi connectivity index (χ4n) is 2.49. The number of hydrogen-bond donors (Lipinski definition) is 1. The standard InChI is InChI=1S/C14H22N2O3/c1-10-9-16(8-7-15-10)11-5-6-12(17-2)14(19-4)13(11)18-3/h5-6,10,15H,7-9H2,1-4H3/t10-/m1/s1. The summed E-state index contributed by atoms with van der Waals surface area (Å²) in [6.45, 7) is 5.06. The van der Waals surface area contributed by atoms with Crippen molar-refractivity contribution in [2.75, 3.05) is 45.9 Å². The van der Waals surface area contributed by atoms with Crippen LogP contribution < -0.4 is 24.4 Å². The Morgan fingerprint density at radius 2 is 1.84 bits per heavy atom. The SMILES string of the molecule is COc1ccc(N2CCN[C@H](C)C2)c(OC)c1OC. The van der Waals surface area contributed by atoms with Crippen LogP contribution in [0.2, 0.25) is 0 Å². The maximum absolute atomic E-state index is 5.53. The number of methoxy groups -OCH3 is 3. The molecule has 106 valence electrons. The second-order valence-corrected chi connectivity index (χ2v) is 4.65. The van der Waals surface area contributed by atoms with E-state index in [0.29, 0.717) is 17.5 Å². The first kappa shape index (κ1) is 13.8. The largest absolute Gasteiger partial charge is 0.493 e. The van der Waals surface area contributed by atoms with Crippen LogP contribution in [0, 0.1) is 0 Å². The molecule has 0 aromatic heterocycles. The van der Waals surface area contributed by atoms with Crippen LogP contribution >= 0.6 is 0 Å². The van der Waals surface area contributed by atoms with Crippen molar-refractivity contribution >= 4 is 5.69 Å². The van der Waals surface area contributed by atoms with Crippen LogP contribution in [0.4, 0.5) is 5.69 Å². The molecular weight excluding hydrogens is 244 g/mol. The Morgan fingerprint density at radius 1 is 1.11 bits per heavy atom. The van der Waals surface area contributed by atoms with Gasteiger partial charge in [-0.1, -0.05) is 0 Å². The fraction of sp³-hybridized carbons (Fsp3) is 0.571. The van der Waals surface area contributed by atoms with Gasteiger partial charge in [0.15, 0.2) is 11.5 Å². The van der Waals surface area contributed by atoms with Crippen LogP contribution in [0.15, 0.2) is 12.1 Å². The number of nitrogens with one attached hydrogen (secondary N) is 1. The van der Waals surface area contributed by atoms with Gasteiger partial charge in [-0.15, -0.1) is 0 Å². The average molecular weight is 266 g/mol. The van der Waals surface area contributed by atoms with E-state index < -0.39 is 0 Å². The van der Waals surface area contributed by atoms with Gasteiger partial charge in [0.2, 0.25) is 5.75 Å². The van der Waals surface area contributed by atoms with Crippen molar-refractivity contribution in [3.63, 3.8) is 0 Å². The Hall–Kier alpha value is -1.62. The van der Waals surface area contributed by atoms with E-state index in [0.717, 1.165) is 31.1 Å². The summed E-state index contributed by atoms with van der Waals surface area (Å²) in [7, 11) is 4.92. The fourth-order valence-corrected chi connectivity index (χ4v) is 2.49. The minimum absolute atomic E-state index is 0.464. The minimum atomic E-state index is 0.464. The zero-order valence-corrected chi connectivity index (χ0v) is 12.0. The molecule has 1 aliphatic heterocycles. The molecule has 0 spiro atoms. The molecule has 5 heteroatoms. The van der Waals surface area contributed by atoms with Gasteiger partial charge in [0, 0.05) is 25.7 Å². The average Bonchev–Trinajstić information content (AvgIpc) is 2.45. The van der Waals surface area contributed by atoms with Gasteiger partial charge in [-0.05, 0) is 19.1 Å². The van der Waals surface area contributed by atoms with Gasteiger partial charge in [0.1, 0.15) is 0 Å². The molecule has 0 saturated carbocycles. The summed E-state index contributed by atoms with van der Waals surface area (Å²) in [5.74, 6) is 2.07. The van der Waals surface area contributed by atoms with Crippen molar-refractivity contribution in [2.45, 2.75) is 13.0 Å². The molecule has 1 atom stereocenters. The third-order valence-electron chi connectivity index (χ3n) is 3.39. The van der Waals surface area contributed by atoms with E-state index in [-0.39, 0.29) is 0 Å². The molecule has 0 amide bonds. The van der Waals surface area contributed by atoms with Crippen molar-refractivity contribution < 1.29 is 14.2 Å². The van der Waals surface area contributed by atoms with Crippen LogP contribution in [0.3, 0.4) is 0 Å². The molecule has 1 fully saturated rings. The molecule has 2 rings (SSSR count).